The highest BCUT2D eigenvalue weighted by Crippen LogP contribution is 2.22. The Labute approximate surface area is 96.9 Å². The van der Waals surface area contributed by atoms with Crippen LogP contribution in [0.5, 0.6) is 0 Å². The van der Waals surface area contributed by atoms with Gasteiger partial charge in [-0.05, 0) is 11.6 Å². The Morgan fingerprint density at radius 1 is 1.50 bits per heavy atom. The molecule has 84 valence electrons. The van der Waals surface area contributed by atoms with E-state index in [-0.39, 0.29) is 11.4 Å². The number of nitrogens with zero attached hydrogens (tertiary/aromatic N) is 1. The third-order valence-electron chi connectivity index (χ3n) is 2.28. The van der Waals surface area contributed by atoms with Crippen molar-refractivity contribution in [2.45, 2.75) is 12.5 Å². The van der Waals surface area contributed by atoms with Crippen LogP contribution < -0.4 is 0 Å². The summed E-state index contributed by atoms with van der Waals surface area (Å²) in [5, 5.41) is 9.83. The average Bonchev–Trinajstić information content (AvgIpc) is 2.78. The number of aliphatic hydroxyl groups is 1. The maximum Gasteiger partial charge on any atom is 0.145 e. The van der Waals surface area contributed by atoms with Gasteiger partial charge in [0, 0.05) is 18.8 Å². The van der Waals surface area contributed by atoms with Crippen molar-refractivity contribution in [2.75, 3.05) is 0 Å². The highest BCUT2D eigenvalue weighted by molar-refractivity contribution is 6.30. The van der Waals surface area contributed by atoms with E-state index in [4.69, 9.17) is 11.6 Å². The van der Waals surface area contributed by atoms with Gasteiger partial charge in [0.2, 0.25) is 0 Å². The monoisotopic (exact) mass is 240 g/mol. The van der Waals surface area contributed by atoms with E-state index in [0.29, 0.717) is 11.4 Å². The molecule has 3 nitrogen and oxygen atoms in total. The third kappa shape index (κ3) is 2.23. The van der Waals surface area contributed by atoms with Crippen molar-refractivity contribution in [1.29, 1.82) is 0 Å². The van der Waals surface area contributed by atoms with E-state index in [1.807, 2.05) is 0 Å². The molecule has 0 amide bonds. The zero-order valence-corrected chi connectivity index (χ0v) is 9.08. The van der Waals surface area contributed by atoms with Crippen molar-refractivity contribution in [3.05, 3.63) is 52.8 Å². The van der Waals surface area contributed by atoms with E-state index < -0.39 is 11.9 Å². The van der Waals surface area contributed by atoms with E-state index in [9.17, 15) is 9.50 Å². The molecule has 2 rings (SSSR count). The molecule has 0 saturated heterocycles. The number of nitrogens with one attached hydrogen (secondary N) is 1. The van der Waals surface area contributed by atoms with Gasteiger partial charge in [0.25, 0.3) is 0 Å². The fourth-order valence-corrected chi connectivity index (χ4v) is 1.66. The lowest BCUT2D eigenvalue weighted by Crippen LogP contribution is -2.05. The van der Waals surface area contributed by atoms with Crippen LogP contribution in [0.3, 0.4) is 0 Å². The molecule has 0 radical (unpaired) electrons. The first-order valence-corrected chi connectivity index (χ1v) is 5.16. The molecule has 1 heterocycles. The predicted octanol–water partition coefficient (Wildman–Crippen LogP) is 2.48. The summed E-state index contributed by atoms with van der Waals surface area (Å²) in [7, 11) is 0. The second kappa shape index (κ2) is 4.63. The highest BCUT2D eigenvalue weighted by Gasteiger charge is 2.14. The Morgan fingerprint density at radius 2 is 2.31 bits per heavy atom. The van der Waals surface area contributed by atoms with Gasteiger partial charge < -0.3 is 10.1 Å². The lowest BCUT2D eigenvalue weighted by atomic mass is 10.1. The molecule has 0 spiro atoms. The molecule has 5 heteroatoms. The zero-order valence-electron chi connectivity index (χ0n) is 8.32. The van der Waals surface area contributed by atoms with Crippen molar-refractivity contribution in [3.8, 4) is 0 Å². The molecular weight excluding hydrogens is 231 g/mol. The third-order valence-corrected chi connectivity index (χ3v) is 2.57. The van der Waals surface area contributed by atoms with E-state index in [0.717, 1.165) is 0 Å². The summed E-state index contributed by atoms with van der Waals surface area (Å²) < 4.78 is 13.5. The molecule has 0 aliphatic carbocycles. The standard InChI is InChI=1S/C11H10ClFN2O/c12-8-3-1-2-7(10(8)13)6-9(16)11-14-4-5-15-11/h1-5,9,16H,6H2,(H,14,15). The molecule has 0 bridgehead atoms. The molecule has 0 aliphatic rings. The highest BCUT2D eigenvalue weighted by atomic mass is 35.5. The molecular formula is C11H10ClFN2O. The van der Waals surface area contributed by atoms with Gasteiger partial charge in [0.1, 0.15) is 17.7 Å². The molecule has 0 aliphatic heterocycles. The molecule has 16 heavy (non-hydrogen) atoms. The van der Waals surface area contributed by atoms with Crippen LogP contribution >= 0.6 is 11.6 Å². The second-order valence-corrected chi connectivity index (χ2v) is 3.81. The summed E-state index contributed by atoms with van der Waals surface area (Å²) >= 11 is 5.64. The van der Waals surface area contributed by atoms with Gasteiger partial charge in [-0.3, -0.25) is 0 Å². The van der Waals surface area contributed by atoms with Gasteiger partial charge >= 0.3 is 0 Å². The normalized spacial score (nSPS) is 12.7. The number of halogens is 2. The number of aliphatic hydroxyl groups excluding tert-OH is 1. The largest absolute Gasteiger partial charge is 0.385 e. The minimum Gasteiger partial charge on any atom is -0.385 e. The molecule has 2 aromatic rings. The minimum absolute atomic E-state index is 0.0594. The SMILES string of the molecule is OC(Cc1cccc(Cl)c1F)c1ncc[nH]1. The van der Waals surface area contributed by atoms with Crippen LogP contribution in [-0.4, -0.2) is 15.1 Å². The summed E-state index contributed by atoms with van der Waals surface area (Å²) in [6, 6.07) is 4.71. The fourth-order valence-electron chi connectivity index (χ4n) is 1.47. The fraction of sp³-hybridized carbons (Fsp3) is 0.182. The van der Waals surface area contributed by atoms with Crippen LogP contribution in [0, 0.1) is 5.82 Å². The molecule has 0 saturated carbocycles. The Hall–Kier alpha value is -1.39. The lowest BCUT2D eigenvalue weighted by molar-refractivity contribution is 0.168. The molecule has 1 aromatic heterocycles. The summed E-state index contributed by atoms with van der Waals surface area (Å²) in [5.74, 6) is -0.0749. The maximum absolute atomic E-state index is 13.5. The second-order valence-electron chi connectivity index (χ2n) is 3.41. The van der Waals surface area contributed by atoms with Crippen LogP contribution in [0.15, 0.2) is 30.6 Å². The van der Waals surface area contributed by atoms with Gasteiger partial charge in [0.05, 0.1) is 5.02 Å². The van der Waals surface area contributed by atoms with E-state index in [1.165, 1.54) is 12.3 Å². The number of H-pyrrole nitrogens is 1. The first-order chi connectivity index (χ1) is 7.68. The maximum atomic E-state index is 13.5. The van der Waals surface area contributed by atoms with E-state index in [2.05, 4.69) is 9.97 Å². The number of hydrogen-bond donors (Lipinski definition) is 2. The molecule has 1 unspecified atom stereocenters. The molecule has 1 atom stereocenters. The number of imidazole rings is 1. The summed E-state index contributed by atoms with van der Waals surface area (Å²) in [5.41, 5.74) is 0.372. The van der Waals surface area contributed by atoms with Gasteiger partial charge in [0.15, 0.2) is 0 Å². The lowest BCUT2D eigenvalue weighted by Gasteiger charge is -2.09. The van der Waals surface area contributed by atoms with E-state index in [1.54, 1.807) is 18.3 Å². The van der Waals surface area contributed by atoms with Crippen molar-refractivity contribution < 1.29 is 9.50 Å². The molecule has 1 aromatic carbocycles. The first kappa shape index (κ1) is 11.1. The Bertz CT molecular complexity index is 473. The van der Waals surface area contributed by atoms with Crippen LogP contribution in [0.4, 0.5) is 4.39 Å². The topological polar surface area (TPSA) is 48.9 Å². The quantitative estimate of drug-likeness (QED) is 0.866. The number of aromatic amines is 1. The first-order valence-electron chi connectivity index (χ1n) is 4.78. The van der Waals surface area contributed by atoms with Crippen LogP contribution in [0.1, 0.15) is 17.5 Å². The van der Waals surface area contributed by atoms with Crippen LogP contribution in [0.25, 0.3) is 0 Å². The van der Waals surface area contributed by atoms with Crippen molar-refractivity contribution in [1.82, 2.24) is 9.97 Å². The van der Waals surface area contributed by atoms with Gasteiger partial charge in [-0.1, -0.05) is 23.7 Å². The van der Waals surface area contributed by atoms with Crippen LogP contribution in [-0.2, 0) is 6.42 Å². The Morgan fingerprint density at radius 3 is 3.00 bits per heavy atom. The Balaban J connectivity index is 2.18. The number of aromatic nitrogens is 2. The Kier molecular flexibility index (Phi) is 3.22. The van der Waals surface area contributed by atoms with Gasteiger partial charge in [-0.2, -0.15) is 0 Å². The number of rotatable bonds is 3. The van der Waals surface area contributed by atoms with E-state index >= 15 is 0 Å². The van der Waals surface area contributed by atoms with Gasteiger partial charge in [-0.15, -0.1) is 0 Å². The van der Waals surface area contributed by atoms with Gasteiger partial charge in [-0.25, -0.2) is 9.37 Å². The predicted molar refractivity (Wildman–Crippen MR) is 58.7 cm³/mol. The van der Waals surface area contributed by atoms with Crippen molar-refractivity contribution >= 4 is 11.6 Å². The minimum atomic E-state index is -0.858. The van der Waals surface area contributed by atoms with Crippen molar-refractivity contribution in [3.63, 3.8) is 0 Å². The average molecular weight is 241 g/mol. The summed E-state index contributed by atoms with van der Waals surface area (Å²) in [4.78, 5) is 6.68. The van der Waals surface area contributed by atoms with Crippen molar-refractivity contribution in [2.24, 2.45) is 0 Å². The summed E-state index contributed by atoms with van der Waals surface area (Å²) in [6.07, 6.45) is 2.42. The van der Waals surface area contributed by atoms with Crippen LogP contribution in [0.2, 0.25) is 5.02 Å². The molecule has 0 fully saturated rings. The smallest absolute Gasteiger partial charge is 0.145 e. The molecule has 2 N–H and O–H groups in total. The number of hydrogen-bond acceptors (Lipinski definition) is 2. The number of benzene rings is 1. The summed E-state index contributed by atoms with van der Waals surface area (Å²) in [6.45, 7) is 0. The zero-order chi connectivity index (χ0) is 11.5.